The molecule has 0 aliphatic carbocycles. The summed E-state index contributed by atoms with van der Waals surface area (Å²) in [4.78, 5) is 17.9. The second kappa shape index (κ2) is 5.90. The molecule has 2 aromatic heterocycles. The molecule has 0 aromatic carbocycles. The summed E-state index contributed by atoms with van der Waals surface area (Å²) in [7, 11) is 0. The van der Waals surface area contributed by atoms with Crippen molar-refractivity contribution in [1.82, 2.24) is 9.88 Å². The van der Waals surface area contributed by atoms with Crippen LogP contribution in [0.2, 0.25) is 0 Å². The van der Waals surface area contributed by atoms with E-state index >= 15 is 0 Å². The molecule has 0 bridgehead atoms. The molecular formula is C13H12F2N2O3S. The van der Waals surface area contributed by atoms with Crippen molar-refractivity contribution in [3.8, 4) is 10.6 Å². The van der Waals surface area contributed by atoms with E-state index in [4.69, 9.17) is 9.15 Å². The highest BCUT2D eigenvalue weighted by Crippen LogP contribution is 2.25. The third kappa shape index (κ3) is 2.96. The van der Waals surface area contributed by atoms with Crippen LogP contribution in [0.3, 0.4) is 0 Å². The van der Waals surface area contributed by atoms with Crippen LogP contribution >= 0.6 is 11.3 Å². The van der Waals surface area contributed by atoms with E-state index in [1.807, 2.05) is 0 Å². The largest absolute Gasteiger partial charge is 0.472 e. The van der Waals surface area contributed by atoms with Crippen LogP contribution in [0.1, 0.15) is 10.5 Å². The van der Waals surface area contributed by atoms with E-state index < -0.39 is 12.5 Å². The van der Waals surface area contributed by atoms with Crippen LogP contribution in [0.25, 0.3) is 10.6 Å². The molecule has 2 aromatic rings. The van der Waals surface area contributed by atoms with Gasteiger partial charge in [-0.3, -0.25) is 4.79 Å². The molecule has 1 aliphatic heterocycles. The second-order valence-electron chi connectivity index (χ2n) is 4.54. The summed E-state index contributed by atoms with van der Waals surface area (Å²) in [6.07, 6.45) is -0.769. The number of amides is 1. The Morgan fingerprint density at radius 1 is 1.52 bits per heavy atom. The molecule has 1 unspecified atom stereocenters. The van der Waals surface area contributed by atoms with Crippen LogP contribution in [0.15, 0.2) is 28.4 Å². The monoisotopic (exact) mass is 314 g/mol. The highest BCUT2D eigenvalue weighted by atomic mass is 32.1. The van der Waals surface area contributed by atoms with Gasteiger partial charge in [-0.05, 0) is 6.07 Å². The summed E-state index contributed by atoms with van der Waals surface area (Å²) >= 11 is 1.31. The number of carbonyl (C=O) groups excluding carboxylic acids is 1. The lowest BCUT2D eigenvalue weighted by Crippen LogP contribution is -2.48. The summed E-state index contributed by atoms with van der Waals surface area (Å²) in [6, 6.07) is 1.74. The van der Waals surface area contributed by atoms with Gasteiger partial charge in [0.05, 0.1) is 19.4 Å². The lowest BCUT2D eigenvalue weighted by molar-refractivity contribution is -0.0943. The van der Waals surface area contributed by atoms with Crippen molar-refractivity contribution in [2.45, 2.75) is 12.5 Å². The minimum Gasteiger partial charge on any atom is -0.472 e. The van der Waals surface area contributed by atoms with Gasteiger partial charge >= 0.3 is 0 Å². The number of hydrogen-bond acceptors (Lipinski definition) is 5. The zero-order valence-electron chi connectivity index (χ0n) is 10.9. The van der Waals surface area contributed by atoms with Gasteiger partial charge in [0.25, 0.3) is 12.3 Å². The number of aromatic nitrogens is 1. The van der Waals surface area contributed by atoms with E-state index in [0.717, 1.165) is 5.56 Å². The van der Waals surface area contributed by atoms with Gasteiger partial charge in [-0.25, -0.2) is 13.8 Å². The first kappa shape index (κ1) is 14.2. The third-order valence-electron chi connectivity index (χ3n) is 3.15. The van der Waals surface area contributed by atoms with Gasteiger partial charge in [0.2, 0.25) is 0 Å². The lowest BCUT2D eigenvalue weighted by atomic mass is 10.2. The highest BCUT2D eigenvalue weighted by molar-refractivity contribution is 7.13. The number of thiazole rings is 1. The minimum atomic E-state index is -2.60. The van der Waals surface area contributed by atoms with E-state index in [1.54, 1.807) is 11.4 Å². The Morgan fingerprint density at radius 3 is 3.10 bits per heavy atom. The van der Waals surface area contributed by atoms with Gasteiger partial charge in [0.15, 0.2) is 0 Å². The average molecular weight is 314 g/mol. The predicted molar refractivity (Wildman–Crippen MR) is 71.5 cm³/mol. The number of rotatable bonds is 3. The zero-order chi connectivity index (χ0) is 14.8. The Kier molecular flexibility index (Phi) is 3.98. The number of hydrogen-bond donors (Lipinski definition) is 0. The molecule has 5 nitrogen and oxygen atoms in total. The quantitative estimate of drug-likeness (QED) is 0.873. The molecule has 0 N–H and O–H groups in total. The van der Waals surface area contributed by atoms with Crippen LogP contribution in [0.5, 0.6) is 0 Å². The summed E-state index contributed by atoms with van der Waals surface area (Å²) < 4.78 is 35.2. The van der Waals surface area contributed by atoms with Crippen molar-refractivity contribution in [3.63, 3.8) is 0 Å². The molecule has 3 rings (SSSR count). The normalized spacial score (nSPS) is 19.2. The number of morpholine rings is 1. The first-order valence-corrected chi connectivity index (χ1v) is 7.20. The molecular weight excluding hydrogens is 302 g/mol. The fraction of sp³-hybridized carbons (Fsp3) is 0.385. The summed E-state index contributed by atoms with van der Waals surface area (Å²) in [5.41, 5.74) is 1.04. The third-order valence-corrected chi connectivity index (χ3v) is 4.04. The van der Waals surface area contributed by atoms with E-state index in [1.165, 1.54) is 28.8 Å². The lowest BCUT2D eigenvalue weighted by Gasteiger charge is -2.32. The van der Waals surface area contributed by atoms with Crippen molar-refractivity contribution >= 4 is 17.2 Å². The Bertz CT molecular complexity index is 615. The van der Waals surface area contributed by atoms with Crippen molar-refractivity contribution in [1.29, 1.82) is 0 Å². The molecule has 0 saturated carbocycles. The number of carbonyl (C=O) groups is 1. The fourth-order valence-electron chi connectivity index (χ4n) is 2.07. The first-order chi connectivity index (χ1) is 10.1. The zero-order valence-corrected chi connectivity index (χ0v) is 11.7. The maximum Gasteiger partial charge on any atom is 0.273 e. The van der Waals surface area contributed by atoms with Gasteiger partial charge < -0.3 is 14.1 Å². The van der Waals surface area contributed by atoms with E-state index in [9.17, 15) is 13.6 Å². The van der Waals surface area contributed by atoms with Crippen LogP contribution in [-0.2, 0) is 4.74 Å². The van der Waals surface area contributed by atoms with Crippen molar-refractivity contribution in [2.75, 3.05) is 19.7 Å². The molecule has 1 fully saturated rings. The van der Waals surface area contributed by atoms with Crippen LogP contribution in [0, 0.1) is 0 Å². The average Bonchev–Trinajstić information content (AvgIpc) is 3.17. The van der Waals surface area contributed by atoms with E-state index in [2.05, 4.69) is 4.98 Å². The number of furan rings is 1. The standard InChI is InChI=1S/C13H12F2N2O3S/c14-11(15)10-5-17(2-4-20-10)13(18)9-7-21-12(16-9)8-1-3-19-6-8/h1,3,6-7,10-11H,2,4-5H2. The number of alkyl halides is 2. The Labute approximate surface area is 123 Å². The number of ether oxygens (including phenoxy) is 1. The Balaban J connectivity index is 1.73. The van der Waals surface area contributed by atoms with Gasteiger partial charge in [-0.2, -0.15) is 0 Å². The highest BCUT2D eigenvalue weighted by Gasteiger charge is 2.31. The molecule has 1 saturated heterocycles. The summed E-state index contributed by atoms with van der Waals surface area (Å²) in [5.74, 6) is -0.352. The van der Waals surface area contributed by atoms with Crippen molar-refractivity contribution in [3.05, 3.63) is 29.7 Å². The molecule has 3 heterocycles. The molecule has 112 valence electrons. The van der Waals surface area contributed by atoms with Gasteiger partial charge in [-0.1, -0.05) is 0 Å². The van der Waals surface area contributed by atoms with Gasteiger partial charge in [0, 0.05) is 17.5 Å². The van der Waals surface area contributed by atoms with E-state index in [0.29, 0.717) is 11.6 Å². The van der Waals surface area contributed by atoms with Crippen molar-refractivity contribution < 1.29 is 22.7 Å². The van der Waals surface area contributed by atoms with Crippen LogP contribution < -0.4 is 0 Å². The molecule has 21 heavy (non-hydrogen) atoms. The number of halogens is 2. The number of nitrogens with zero attached hydrogens (tertiary/aromatic N) is 2. The Hall–Kier alpha value is -1.80. The molecule has 0 radical (unpaired) electrons. The fourth-order valence-corrected chi connectivity index (χ4v) is 2.85. The van der Waals surface area contributed by atoms with Gasteiger partial charge in [0.1, 0.15) is 23.1 Å². The van der Waals surface area contributed by atoms with Crippen LogP contribution in [0.4, 0.5) is 8.78 Å². The SMILES string of the molecule is O=C(c1csc(-c2ccoc2)n1)N1CCOC(C(F)F)C1. The molecule has 1 atom stereocenters. The molecule has 1 amide bonds. The van der Waals surface area contributed by atoms with Crippen LogP contribution in [-0.4, -0.2) is 48.0 Å². The molecule has 0 spiro atoms. The van der Waals surface area contributed by atoms with Crippen molar-refractivity contribution in [2.24, 2.45) is 0 Å². The maximum absolute atomic E-state index is 12.7. The molecule has 8 heteroatoms. The Morgan fingerprint density at radius 2 is 2.38 bits per heavy atom. The molecule has 1 aliphatic rings. The summed E-state index contributed by atoms with van der Waals surface area (Å²) in [6.45, 7) is 0.287. The smallest absolute Gasteiger partial charge is 0.273 e. The van der Waals surface area contributed by atoms with Gasteiger partial charge in [-0.15, -0.1) is 11.3 Å². The maximum atomic E-state index is 12.7. The first-order valence-electron chi connectivity index (χ1n) is 6.32. The van der Waals surface area contributed by atoms with E-state index in [-0.39, 0.29) is 24.8 Å². The summed E-state index contributed by atoms with van der Waals surface area (Å²) in [5, 5.41) is 2.28. The predicted octanol–water partition coefficient (Wildman–Crippen LogP) is 2.51. The minimum absolute atomic E-state index is 0.111. The second-order valence-corrected chi connectivity index (χ2v) is 5.40. The topological polar surface area (TPSA) is 55.6 Å².